The normalized spacial score (nSPS) is 10.8. The van der Waals surface area contributed by atoms with Crippen molar-refractivity contribution in [1.82, 2.24) is 9.78 Å². The topological polar surface area (TPSA) is 82.4 Å². The van der Waals surface area contributed by atoms with Crippen LogP contribution in [0.25, 0.3) is 11.8 Å². The van der Waals surface area contributed by atoms with Crippen LogP contribution in [0.3, 0.4) is 0 Å². The van der Waals surface area contributed by atoms with Crippen LogP contribution in [0.15, 0.2) is 54.6 Å². The lowest BCUT2D eigenvalue weighted by atomic mass is 10.2. The Bertz CT molecular complexity index is 1130. The lowest BCUT2D eigenvalue weighted by molar-refractivity contribution is -0.142. The van der Waals surface area contributed by atoms with E-state index in [0.717, 1.165) is 5.69 Å². The van der Waals surface area contributed by atoms with Crippen molar-refractivity contribution in [1.29, 1.82) is 0 Å². The number of hydrogen-bond donors (Lipinski definition) is 1. The molecule has 0 saturated heterocycles. The van der Waals surface area contributed by atoms with Gasteiger partial charge in [0.1, 0.15) is 10.9 Å². The molecule has 0 saturated carbocycles. The molecule has 0 radical (unpaired) electrons. The first-order valence-corrected chi connectivity index (χ1v) is 9.93. The van der Waals surface area contributed by atoms with E-state index in [0.29, 0.717) is 32.9 Å². The van der Waals surface area contributed by atoms with Crippen LogP contribution in [-0.2, 0) is 14.3 Å². The highest BCUT2D eigenvalue weighted by molar-refractivity contribution is 6.31. The number of amides is 1. The fourth-order valence-corrected chi connectivity index (χ4v) is 3.25. The average Bonchev–Trinajstić information content (AvgIpc) is 3.05. The number of anilines is 1. The monoisotopic (exact) mass is 459 g/mol. The van der Waals surface area contributed by atoms with Gasteiger partial charge in [0.2, 0.25) is 0 Å². The fraction of sp³-hybridized carbons (Fsp3) is 0.136. The van der Waals surface area contributed by atoms with E-state index < -0.39 is 18.5 Å². The molecule has 0 unspecified atom stereocenters. The summed E-state index contributed by atoms with van der Waals surface area (Å²) in [5, 5.41) is 7.77. The minimum Gasteiger partial charge on any atom is -0.495 e. The second-order valence-corrected chi connectivity index (χ2v) is 7.17. The number of esters is 1. The first-order chi connectivity index (χ1) is 14.9. The predicted molar refractivity (Wildman–Crippen MR) is 120 cm³/mol. The number of methoxy groups -OCH3 is 1. The van der Waals surface area contributed by atoms with E-state index in [1.165, 1.54) is 25.3 Å². The molecule has 0 aliphatic rings. The maximum Gasteiger partial charge on any atom is 0.331 e. The summed E-state index contributed by atoms with van der Waals surface area (Å²) in [6, 6.07) is 14.2. The van der Waals surface area contributed by atoms with Crippen molar-refractivity contribution >= 4 is 46.8 Å². The van der Waals surface area contributed by atoms with Crippen molar-refractivity contribution in [2.45, 2.75) is 6.92 Å². The molecular formula is C22H19Cl2N3O4. The summed E-state index contributed by atoms with van der Waals surface area (Å²) in [6.45, 7) is 1.30. The van der Waals surface area contributed by atoms with Gasteiger partial charge >= 0.3 is 5.97 Å². The molecule has 1 aromatic heterocycles. The molecule has 1 N–H and O–H groups in total. The van der Waals surface area contributed by atoms with E-state index in [-0.39, 0.29) is 0 Å². The Hall–Kier alpha value is -3.29. The highest BCUT2D eigenvalue weighted by Crippen LogP contribution is 2.27. The van der Waals surface area contributed by atoms with Crippen molar-refractivity contribution in [2.24, 2.45) is 0 Å². The smallest absolute Gasteiger partial charge is 0.331 e. The molecule has 7 nitrogen and oxygen atoms in total. The minimum absolute atomic E-state index is 0.360. The second-order valence-electron chi connectivity index (χ2n) is 6.37. The molecule has 1 amide bonds. The zero-order valence-corrected chi connectivity index (χ0v) is 18.3. The summed E-state index contributed by atoms with van der Waals surface area (Å²) < 4.78 is 11.7. The molecule has 0 atom stereocenters. The molecule has 3 rings (SSSR count). The maximum absolute atomic E-state index is 12.1. The van der Waals surface area contributed by atoms with Gasteiger partial charge < -0.3 is 14.8 Å². The van der Waals surface area contributed by atoms with Crippen LogP contribution in [0.2, 0.25) is 10.2 Å². The Morgan fingerprint density at radius 3 is 2.61 bits per heavy atom. The minimum atomic E-state index is -0.698. The van der Waals surface area contributed by atoms with E-state index in [9.17, 15) is 9.59 Å². The Morgan fingerprint density at radius 1 is 1.16 bits per heavy atom. The number of hydrogen-bond acceptors (Lipinski definition) is 5. The van der Waals surface area contributed by atoms with Crippen LogP contribution in [0, 0.1) is 6.92 Å². The van der Waals surface area contributed by atoms with E-state index in [2.05, 4.69) is 10.4 Å². The number of halogens is 2. The number of ether oxygens (including phenoxy) is 2. The molecular weight excluding hydrogens is 441 g/mol. The van der Waals surface area contributed by atoms with Crippen molar-refractivity contribution < 1.29 is 19.1 Å². The standard InChI is InChI=1S/C22H19Cl2N3O4/c1-14-17(22(24)27(26-14)16-6-4-3-5-7-16)9-11-21(29)31-13-20(28)25-18-12-15(23)8-10-19(18)30-2/h3-12H,13H2,1-2H3,(H,25,28)/b11-9+. The van der Waals surface area contributed by atoms with Gasteiger partial charge in [0.05, 0.1) is 24.2 Å². The van der Waals surface area contributed by atoms with Gasteiger partial charge in [-0.2, -0.15) is 5.10 Å². The van der Waals surface area contributed by atoms with Gasteiger partial charge in [0.25, 0.3) is 5.91 Å². The first-order valence-electron chi connectivity index (χ1n) is 9.18. The van der Waals surface area contributed by atoms with Crippen LogP contribution in [0.5, 0.6) is 5.75 Å². The molecule has 160 valence electrons. The molecule has 0 spiro atoms. The van der Waals surface area contributed by atoms with Crippen LogP contribution >= 0.6 is 23.2 Å². The van der Waals surface area contributed by atoms with Crippen LogP contribution < -0.4 is 10.1 Å². The number of rotatable bonds is 7. The number of nitrogens with zero attached hydrogens (tertiary/aromatic N) is 2. The highest BCUT2D eigenvalue weighted by atomic mass is 35.5. The number of aryl methyl sites for hydroxylation is 1. The molecule has 1 heterocycles. The summed E-state index contributed by atoms with van der Waals surface area (Å²) in [7, 11) is 1.47. The Labute approximate surface area is 189 Å². The Balaban J connectivity index is 1.61. The van der Waals surface area contributed by atoms with Gasteiger partial charge in [-0.15, -0.1) is 0 Å². The van der Waals surface area contributed by atoms with Crippen molar-refractivity contribution in [3.8, 4) is 11.4 Å². The van der Waals surface area contributed by atoms with Gasteiger partial charge in [0.15, 0.2) is 6.61 Å². The lowest BCUT2D eigenvalue weighted by Gasteiger charge is -2.10. The average molecular weight is 460 g/mol. The van der Waals surface area contributed by atoms with Crippen LogP contribution in [0.1, 0.15) is 11.3 Å². The van der Waals surface area contributed by atoms with Gasteiger partial charge in [0, 0.05) is 16.7 Å². The molecule has 0 aliphatic carbocycles. The number of carbonyl (C=O) groups is 2. The summed E-state index contributed by atoms with van der Waals surface area (Å²) >= 11 is 12.3. The van der Waals surface area contributed by atoms with E-state index >= 15 is 0 Å². The predicted octanol–water partition coefficient (Wildman–Crippen LogP) is 4.69. The number of carbonyl (C=O) groups excluding carboxylic acids is 2. The molecule has 0 fully saturated rings. The number of nitrogens with one attached hydrogen (secondary N) is 1. The molecule has 2 aromatic carbocycles. The Kier molecular flexibility index (Phi) is 7.33. The van der Waals surface area contributed by atoms with Crippen molar-refractivity contribution in [2.75, 3.05) is 19.0 Å². The van der Waals surface area contributed by atoms with Crippen LogP contribution in [-0.4, -0.2) is 35.4 Å². The molecule has 0 bridgehead atoms. The summed E-state index contributed by atoms with van der Waals surface area (Å²) in [6.07, 6.45) is 2.70. The zero-order chi connectivity index (χ0) is 22.4. The van der Waals surface area contributed by atoms with E-state index in [4.69, 9.17) is 32.7 Å². The van der Waals surface area contributed by atoms with E-state index in [1.54, 1.807) is 23.7 Å². The lowest BCUT2D eigenvalue weighted by Crippen LogP contribution is -2.20. The van der Waals surface area contributed by atoms with Crippen molar-refractivity contribution in [3.63, 3.8) is 0 Å². The van der Waals surface area contributed by atoms with E-state index in [1.807, 2.05) is 30.3 Å². The van der Waals surface area contributed by atoms with Gasteiger partial charge in [-0.3, -0.25) is 4.79 Å². The first kappa shape index (κ1) is 22.4. The second kappa shape index (κ2) is 10.1. The molecule has 31 heavy (non-hydrogen) atoms. The SMILES string of the molecule is COc1ccc(Cl)cc1NC(=O)COC(=O)/C=C/c1c(C)nn(-c2ccccc2)c1Cl. The highest BCUT2D eigenvalue weighted by Gasteiger charge is 2.14. The maximum atomic E-state index is 12.1. The molecule has 9 heteroatoms. The zero-order valence-electron chi connectivity index (χ0n) is 16.8. The molecule has 3 aromatic rings. The third-order valence-corrected chi connectivity index (χ3v) is 4.81. The fourth-order valence-electron chi connectivity index (χ4n) is 2.74. The molecule has 0 aliphatic heterocycles. The summed E-state index contributed by atoms with van der Waals surface area (Å²) in [5.41, 5.74) is 2.40. The number of para-hydroxylation sites is 1. The Morgan fingerprint density at radius 2 is 1.90 bits per heavy atom. The van der Waals surface area contributed by atoms with Crippen LogP contribution in [0.4, 0.5) is 5.69 Å². The van der Waals surface area contributed by atoms with Gasteiger partial charge in [-0.1, -0.05) is 41.4 Å². The quantitative estimate of drug-likeness (QED) is 0.409. The summed E-state index contributed by atoms with van der Waals surface area (Å²) in [5.74, 6) is -0.797. The third-order valence-electron chi connectivity index (χ3n) is 4.22. The number of benzene rings is 2. The number of aromatic nitrogens is 2. The largest absolute Gasteiger partial charge is 0.495 e. The van der Waals surface area contributed by atoms with Gasteiger partial charge in [-0.25, -0.2) is 9.48 Å². The van der Waals surface area contributed by atoms with Crippen molar-refractivity contribution in [3.05, 3.63) is 76.0 Å². The third kappa shape index (κ3) is 5.65. The van der Waals surface area contributed by atoms with Gasteiger partial charge in [-0.05, 0) is 43.3 Å². The summed E-state index contributed by atoms with van der Waals surface area (Å²) in [4.78, 5) is 24.1.